The summed E-state index contributed by atoms with van der Waals surface area (Å²) in [6.07, 6.45) is 0.830. The first kappa shape index (κ1) is 20.3. The van der Waals surface area contributed by atoms with E-state index in [0.29, 0.717) is 38.1 Å². The van der Waals surface area contributed by atoms with Crippen molar-refractivity contribution in [3.63, 3.8) is 0 Å². The van der Waals surface area contributed by atoms with Crippen LogP contribution in [0, 0.1) is 0 Å². The van der Waals surface area contributed by atoms with E-state index in [9.17, 15) is 9.59 Å². The zero-order valence-electron chi connectivity index (χ0n) is 15.8. The number of carbonyl (C=O) groups is 2. The fourth-order valence-electron chi connectivity index (χ4n) is 3.35. The van der Waals surface area contributed by atoms with Crippen molar-refractivity contribution in [2.75, 3.05) is 0 Å². The number of halogens is 2. The molecule has 1 aromatic carbocycles. The highest BCUT2D eigenvalue weighted by atomic mass is 35.5. The summed E-state index contributed by atoms with van der Waals surface area (Å²) in [6.45, 7) is 7.12. The van der Waals surface area contributed by atoms with Gasteiger partial charge in [-0.1, -0.05) is 35.3 Å². The van der Waals surface area contributed by atoms with Gasteiger partial charge in [0.15, 0.2) is 0 Å². The van der Waals surface area contributed by atoms with Crippen LogP contribution >= 0.6 is 23.2 Å². The van der Waals surface area contributed by atoms with E-state index in [1.165, 1.54) is 0 Å². The molecule has 6 nitrogen and oxygen atoms in total. The Bertz CT molecular complexity index is 990. The van der Waals surface area contributed by atoms with Crippen LogP contribution in [-0.4, -0.2) is 29.8 Å². The lowest BCUT2D eigenvalue weighted by Crippen LogP contribution is -2.34. The Hall–Kier alpha value is -2.44. The predicted molar refractivity (Wildman–Crippen MR) is 110 cm³/mol. The molecule has 1 N–H and O–H groups in total. The van der Waals surface area contributed by atoms with Gasteiger partial charge in [0.25, 0.3) is 0 Å². The number of nitrogens with zero attached hydrogens (tertiary/aromatic N) is 2. The highest BCUT2D eigenvalue weighted by molar-refractivity contribution is 6.66. The predicted octanol–water partition coefficient (Wildman–Crippen LogP) is 4.19. The Morgan fingerprint density at radius 3 is 2.54 bits per heavy atom. The lowest BCUT2D eigenvalue weighted by Gasteiger charge is -2.32. The van der Waals surface area contributed by atoms with Gasteiger partial charge >= 0.3 is 5.97 Å². The van der Waals surface area contributed by atoms with Gasteiger partial charge < -0.3 is 10.1 Å². The van der Waals surface area contributed by atoms with Gasteiger partial charge in [-0.05, 0) is 39.3 Å². The average Bonchev–Trinajstić information content (AvgIpc) is 3.01. The maximum absolute atomic E-state index is 13.0. The topological polar surface area (TPSA) is 80.1 Å². The maximum atomic E-state index is 13.0. The van der Waals surface area contributed by atoms with Crippen molar-refractivity contribution in [2.24, 2.45) is 10.2 Å². The number of Topliss-reactive ketones (excluding diaryl/α,β-unsaturated/α-hetero) is 1. The Morgan fingerprint density at radius 2 is 1.93 bits per heavy atom. The average molecular weight is 420 g/mol. The summed E-state index contributed by atoms with van der Waals surface area (Å²) in [6, 6.07) is 5.18. The molecule has 0 aliphatic carbocycles. The van der Waals surface area contributed by atoms with E-state index in [2.05, 4.69) is 15.5 Å². The molecule has 1 aromatic rings. The van der Waals surface area contributed by atoms with E-state index < -0.39 is 11.9 Å². The summed E-state index contributed by atoms with van der Waals surface area (Å²) >= 11 is 12.7. The molecule has 0 saturated heterocycles. The molecule has 28 heavy (non-hydrogen) atoms. The van der Waals surface area contributed by atoms with Crippen LogP contribution in [0.1, 0.15) is 39.2 Å². The lowest BCUT2D eigenvalue weighted by molar-refractivity contribution is -0.143. The number of hydrogen-bond acceptors (Lipinski definition) is 6. The maximum Gasteiger partial charge on any atom is 0.337 e. The van der Waals surface area contributed by atoms with Crippen molar-refractivity contribution in [1.82, 2.24) is 5.32 Å². The zero-order valence-corrected chi connectivity index (χ0v) is 17.4. The second-order valence-corrected chi connectivity index (χ2v) is 7.58. The van der Waals surface area contributed by atoms with E-state index in [1.807, 2.05) is 6.92 Å². The number of nitrogens with one attached hydrogen (secondary N) is 1. The van der Waals surface area contributed by atoms with Crippen LogP contribution in [0.3, 0.4) is 0 Å². The summed E-state index contributed by atoms with van der Waals surface area (Å²) in [5, 5.41) is 11.5. The number of hydrogen-bond donors (Lipinski definition) is 1. The molecule has 2 aliphatic heterocycles. The van der Waals surface area contributed by atoms with Crippen molar-refractivity contribution >= 4 is 46.9 Å². The van der Waals surface area contributed by atoms with Gasteiger partial charge in [0.2, 0.25) is 5.78 Å². The minimum Gasteiger partial charge on any atom is -0.460 e. The standard InChI is InChI=1S/C20H19Cl2N3O3/c1-9(2)28-20(27)16-11(4)24-10(3)15(19-14(26)8-23-25-19)17(16)12-6-5-7-13(21)18(12)22/h5-9,17,24H,1-4H3. The van der Waals surface area contributed by atoms with Gasteiger partial charge in [-0.3, -0.25) is 4.79 Å². The highest BCUT2D eigenvalue weighted by Gasteiger charge is 2.39. The van der Waals surface area contributed by atoms with Gasteiger partial charge in [-0.15, -0.1) is 5.10 Å². The zero-order chi connectivity index (χ0) is 20.6. The summed E-state index contributed by atoms with van der Waals surface area (Å²) < 4.78 is 5.46. The van der Waals surface area contributed by atoms with Gasteiger partial charge in [-0.25, -0.2) is 4.79 Å². The molecule has 1 atom stereocenters. The lowest BCUT2D eigenvalue weighted by atomic mass is 9.78. The van der Waals surface area contributed by atoms with E-state index >= 15 is 0 Å². The smallest absolute Gasteiger partial charge is 0.337 e. The molecule has 0 aromatic heterocycles. The normalized spacial score (nSPS) is 19.3. The molecule has 0 radical (unpaired) electrons. The Morgan fingerprint density at radius 1 is 1.21 bits per heavy atom. The van der Waals surface area contributed by atoms with Crippen LogP contribution in [0.15, 0.2) is 50.9 Å². The molecule has 0 fully saturated rings. The van der Waals surface area contributed by atoms with E-state index in [0.717, 1.165) is 6.21 Å². The minimum atomic E-state index is -0.678. The van der Waals surface area contributed by atoms with E-state index in [4.69, 9.17) is 27.9 Å². The molecule has 8 heteroatoms. The molecule has 1 unspecified atom stereocenters. The number of allylic oxidation sites excluding steroid dienone is 3. The summed E-state index contributed by atoms with van der Waals surface area (Å²) in [5.74, 6) is -1.52. The van der Waals surface area contributed by atoms with Crippen molar-refractivity contribution in [3.8, 4) is 0 Å². The van der Waals surface area contributed by atoms with E-state index in [-0.39, 0.29) is 17.6 Å². The molecule has 2 aliphatic rings. The summed E-state index contributed by atoms with van der Waals surface area (Å²) in [7, 11) is 0. The highest BCUT2D eigenvalue weighted by Crippen LogP contribution is 2.44. The van der Waals surface area contributed by atoms with Crippen molar-refractivity contribution in [3.05, 3.63) is 56.3 Å². The van der Waals surface area contributed by atoms with Crippen molar-refractivity contribution in [2.45, 2.75) is 39.7 Å². The minimum absolute atomic E-state index is 0.161. The van der Waals surface area contributed by atoms with Crippen LogP contribution in [0.2, 0.25) is 10.0 Å². The Labute approximate surface area is 173 Å². The molecule has 0 bridgehead atoms. The first-order chi connectivity index (χ1) is 13.2. The quantitative estimate of drug-likeness (QED) is 0.741. The van der Waals surface area contributed by atoms with Crippen LogP contribution in [0.4, 0.5) is 0 Å². The Balaban J connectivity index is 2.24. The van der Waals surface area contributed by atoms with Gasteiger partial charge in [0.1, 0.15) is 5.71 Å². The first-order valence-electron chi connectivity index (χ1n) is 8.71. The first-order valence-corrected chi connectivity index (χ1v) is 9.47. The van der Waals surface area contributed by atoms with Crippen LogP contribution in [0.5, 0.6) is 0 Å². The third-order valence-corrected chi connectivity index (χ3v) is 5.27. The van der Waals surface area contributed by atoms with Crippen LogP contribution < -0.4 is 5.32 Å². The molecule has 3 rings (SSSR count). The number of esters is 1. The Kier molecular flexibility index (Phi) is 5.72. The SMILES string of the molecule is CC1=C(C(=O)OC(C)C)C(c2cccc(Cl)c2Cl)C(C2=NN=CC2=O)=C(C)N1. The van der Waals surface area contributed by atoms with Gasteiger partial charge in [0.05, 0.1) is 27.9 Å². The fourth-order valence-corrected chi connectivity index (χ4v) is 3.76. The fraction of sp³-hybridized carbons (Fsp3) is 0.300. The van der Waals surface area contributed by atoms with Crippen molar-refractivity contribution in [1.29, 1.82) is 0 Å². The molecular formula is C20H19Cl2N3O3. The van der Waals surface area contributed by atoms with Crippen LogP contribution in [-0.2, 0) is 14.3 Å². The van der Waals surface area contributed by atoms with Gasteiger partial charge in [0, 0.05) is 22.9 Å². The molecule has 0 saturated carbocycles. The molecule has 0 spiro atoms. The molecular weight excluding hydrogens is 401 g/mol. The third kappa shape index (κ3) is 3.62. The van der Waals surface area contributed by atoms with Gasteiger partial charge in [-0.2, -0.15) is 5.10 Å². The number of dihydropyridines is 1. The number of rotatable bonds is 4. The molecule has 2 heterocycles. The molecule has 146 valence electrons. The van der Waals surface area contributed by atoms with E-state index in [1.54, 1.807) is 39.0 Å². The van der Waals surface area contributed by atoms with Crippen molar-refractivity contribution < 1.29 is 14.3 Å². The largest absolute Gasteiger partial charge is 0.460 e. The monoisotopic (exact) mass is 419 g/mol. The summed E-state index contributed by atoms with van der Waals surface area (Å²) in [4.78, 5) is 25.3. The second kappa shape index (κ2) is 7.89. The van der Waals surface area contributed by atoms with Crippen LogP contribution in [0.25, 0.3) is 0 Å². The number of ketones is 1. The second-order valence-electron chi connectivity index (χ2n) is 6.79. The number of benzene rings is 1. The summed E-state index contributed by atoms with van der Waals surface area (Å²) in [5.41, 5.74) is 2.90. The third-order valence-electron chi connectivity index (χ3n) is 4.44. The molecule has 0 amide bonds. The number of carbonyl (C=O) groups excluding carboxylic acids is 2. The number of ether oxygens (including phenoxy) is 1.